The molecule has 1 atom stereocenters. The van der Waals surface area contributed by atoms with Gasteiger partial charge in [0.1, 0.15) is 5.60 Å². The molecule has 0 aliphatic heterocycles. The molecule has 0 aromatic heterocycles. The Bertz CT molecular complexity index is 236. The van der Waals surface area contributed by atoms with E-state index in [1.807, 2.05) is 6.92 Å². The van der Waals surface area contributed by atoms with Gasteiger partial charge in [0.15, 0.2) is 6.30 Å². The molecule has 0 saturated carbocycles. The van der Waals surface area contributed by atoms with Gasteiger partial charge in [0.05, 0.1) is 0 Å². The molecule has 0 N–H and O–H groups in total. The van der Waals surface area contributed by atoms with Gasteiger partial charge >= 0.3 is 6.09 Å². The highest BCUT2D eigenvalue weighted by Gasteiger charge is 2.26. The Labute approximate surface area is 97.3 Å². The van der Waals surface area contributed by atoms with Gasteiger partial charge in [0, 0.05) is 6.54 Å². The van der Waals surface area contributed by atoms with Crippen LogP contribution < -0.4 is 0 Å². The third-order valence-electron chi connectivity index (χ3n) is 1.82. The molecule has 3 nitrogen and oxygen atoms in total. The molecule has 0 aliphatic rings. The van der Waals surface area contributed by atoms with Crippen molar-refractivity contribution in [3.63, 3.8) is 0 Å². The summed E-state index contributed by atoms with van der Waals surface area (Å²) in [6.45, 7) is 10.8. The summed E-state index contributed by atoms with van der Waals surface area (Å²) < 4.78 is 18.8. The number of hydrogen-bond donors (Lipinski definition) is 0. The van der Waals surface area contributed by atoms with E-state index < -0.39 is 18.0 Å². The Balaban J connectivity index is 4.51. The fourth-order valence-electron chi connectivity index (χ4n) is 1.16. The van der Waals surface area contributed by atoms with Crippen LogP contribution in [0.25, 0.3) is 0 Å². The summed E-state index contributed by atoms with van der Waals surface area (Å²) in [5.41, 5.74) is -0.609. The second-order valence-electron chi connectivity index (χ2n) is 4.64. The van der Waals surface area contributed by atoms with Crippen molar-refractivity contribution >= 4 is 6.09 Å². The molecular weight excluding hydrogens is 209 g/mol. The molecule has 1 amide bonds. The average Bonchev–Trinajstić information content (AvgIpc) is 2.11. The first-order valence-corrected chi connectivity index (χ1v) is 5.56. The van der Waals surface area contributed by atoms with Gasteiger partial charge in [-0.1, -0.05) is 19.4 Å². The van der Waals surface area contributed by atoms with Gasteiger partial charge in [0.2, 0.25) is 0 Å². The molecule has 0 radical (unpaired) electrons. The van der Waals surface area contributed by atoms with Gasteiger partial charge in [-0.15, -0.1) is 6.58 Å². The molecule has 0 bridgehead atoms. The lowest BCUT2D eigenvalue weighted by atomic mass is 10.2. The van der Waals surface area contributed by atoms with Crippen LogP contribution in [0, 0.1) is 0 Å². The number of hydrogen-bond acceptors (Lipinski definition) is 2. The molecule has 94 valence electrons. The SMILES string of the molecule is C=CCN(C(=O)OC(C)(C)C)C(F)CCC. The lowest BCUT2D eigenvalue weighted by Gasteiger charge is -2.28. The molecule has 0 aromatic carbocycles. The zero-order valence-electron chi connectivity index (χ0n) is 10.6. The summed E-state index contributed by atoms with van der Waals surface area (Å²) >= 11 is 0. The Hall–Kier alpha value is -1.06. The van der Waals surface area contributed by atoms with Gasteiger partial charge in [-0.05, 0) is 27.2 Å². The van der Waals surface area contributed by atoms with Crippen LogP contribution in [0.2, 0.25) is 0 Å². The third kappa shape index (κ3) is 5.73. The van der Waals surface area contributed by atoms with Crippen molar-refractivity contribution in [3.8, 4) is 0 Å². The van der Waals surface area contributed by atoms with Crippen molar-refractivity contribution < 1.29 is 13.9 Å². The second-order valence-corrected chi connectivity index (χ2v) is 4.64. The quantitative estimate of drug-likeness (QED) is 0.535. The Kier molecular flexibility index (Phi) is 6.08. The monoisotopic (exact) mass is 231 g/mol. The highest BCUT2D eigenvalue weighted by molar-refractivity contribution is 5.68. The van der Waals surface area contributed by atoms with Crippen LogP contribution in [0.3, 0.4) is 0 Å². The van der Waals surface area contributed by atoms with E-state index in [2.05, 4.69) is 6.58 Å². The van der Waals surface area contributed by atoms with E-state index in [1.54, 1.807) is 20.8 Å². The van der Waals surface area contributed by atoms with E-state index in [0.717, 1.165) is 4.90 Å². The van der Waals surface area contributed by atoms with Gasteiger partial charge in [0.25, 0.3) is 0 Å². The van der Waals surface area contributed by atoms with Crippen LogP contribution in [-0.2, 0) is 4.74 Å². The van der Waals surface area contributed by atoms with Crippen molar-refractivity contribution in [2.24, 2.45) is 0 Å². The first kappa shape index (κ1) is 14.9. The first-order chi connectivity index (χ1) is 7.31. The van der Waals surface area contributed by atoms with Crippen molar-refractivity contribution in [1.29, 1.82) is 0 Å². The maximum Gasteiger partial charge on any atom is 0.412 e. The molecule has 1 unspecified atom stereocenters. The molecule has 0 fully saturated rings. The number of halogens is 1. The highest BCUT2D eigenvalue weighted by atomic mass is 19.1. The molecule has 0 aromatic rings. The standard InChI is InChI=1S/C12H22FNO2/c1-6-8-10(13)14(9-7-2)11(15)16-12(3,4)5/h7,10H,2,6,8-9H2,1,3-5H3. The number of carbonyl (C=O) groups excluding carboxylic acids is 1. The van der Waals surface area contributed by atoms with E-state index in [-0.39, 0.29) is 6.54 Å². The van der Waals surface area contributed by atoms with E-state index >= 15 is 0 Å². The lowest BCUT2D eigenvalue weighted by Crippen LogP contribution is -2.41. The van der Waals surface area contributed by atoms with E-state index in [4.69, 9.17) is 4.74 Å². The summed E-state index contributed by atoms with van der Waals surface area (Å²) in [4.78, 5) is 12.7. The maximum absolute atomic E-state index is 13.7. The van der Waals surface area contributed by atoms with Crippen molar-refractivity contribution in [1.82, 2.24) is 4.90 Å². The number of rotatable bonds is 5. The summed E-state index contributed by atoms with van der Waals surface area (Å²) in [6, 6.07) is 0. The van der Waals surface area contributed by atoms with Crippen molar-refractivity contribution in [2.75, 3.05) is 6.54 Å². The predicted octanol–water partition coefficient (Wildman–Crippen LogP) is 3.51. The fourth-order valence-corrected chi connectivity index (χ4v) is 1.16. The molecule has 16 heavy (non-hydrogen) atoms. The van der Waals surface area contributed by atoms with Crippen molar-refractivity contribution in [3.05, 3.63) is 12.7 Å². The summed E-state index contributed by atoms with van der Waals surface area (Å²) in [5, 5.41) is 0. The third-order valence-corrected chi connectivity index (χ3v) is 1.82. The Morgan fingerprint density at radius 2 is 2.12 bits per heavy atom. The average molecular weight is 231 g/mol. The van der Waals surface area contributed by atoms with Crippen molar-refractivity contribution in [2.45, 2.75) is 52.4 Å². The van der Waals surface area contributed by atoms with Gasteiger partial charge in [-0.2, -0.15) is 0 Å². The van der Waals surface area contributed by atoms with E-state index in [9.17, 15) is 9.18 Å². The number of ether oxygens (including phenoxy) is 1. The number of nitrogens with zero attached hydrogens (tertiary/aromatic N) is 1. The Morgan fingerprint density at radius 1 is 1.56 bits per heavy atom. The molecule has 0 rings (SSSR count). The normalized spacial score (nSPS) is 13.1. The molecule has 4 heteroatoms. The molecule has 0 heterocycles. The zero-order chi connectivity index (χ0) is 12.8. The van der Waals surface area contributed by atoms with Gasteiger partial charge in [-0.3, -0.25) is 4.90 Å². The second kappa shape index (κ2) is 6.51. The van der Waals surface area contributed by atoms with Crippen LogP contribution in [0.1, 0.15) is 40.5 Å². The molecule has 0 aliphatic carbocycles. The van der Waals surface area contributed by atoms with E-state index in [1.165, 1.54) is 6.08 Å². The molecule has 0 spiro atoms. The van der Waals surface area contributed by atoms with Crippen LogP contribution >= 0.6 is 0 Å². The van der Waals surface area contributed by atoms with Gasteiger partial charge < -0.3 is 4.74 Å². The van der Waals surface area contributed by atoms with Crippen LogP contribution in [0.15, 0.2) is 12.7 Å². The largest absolute Gasteiger partial charge is 0.444 e. The highest BCUT2D eigenvalue weighted by Crippen LogP contribution is 2.15. The first-order valence-electron chi connectivity index (χ1n) is 5.56. The number of carbonyl (C=O) groups is 1. The zero-order valence-corrected chi connectivity index (χ0v) is 10.6. The fraction of sp³-hybridized carbons (Fsp3) is 0.750. The van der Waals surface area contributed by atoms with Crippen LogP contribution in [0.4, 0.5) is 9.18 Å². The minimum Gasteiger partial charge on any atom is -0.444 e. The Morgan fingerprint density at radius 3 is 2.50 bits per heavy atom. The lowest BCUT2D eigenvalue weighted by molar-refractivity contribution is -0.00105. The van der Waals surface area contributed by atoms with Crippen LogP contribution in [-0.4, -0.2) is 29.4 Å². The predicted molar refractivity (Wildman–Crippen MR) is 62.9 cm³/mol. The number of alkyl halides is 1. The molecular formula is C12H22FNO2. The summed E-state index contributed by atoms with van der Waals surface area (Å²) in [7, 11) is 0. The minimum atomic E-state index is -1.31. The van der Waals surface area contributed by atoms with Gasteiger partial charge in [-0.25, -0.2) is 9.18 Å². The minimum absolute atomic E-state index is 0.163. The smallest absolute Gasteiger partial charge is 0.412 e. The van der Waals surface area contributed by atoms with E-state index in [0.29, 0.717) is 12.8 Å². The maximum atomic E-state index is 13.7. The topological polar surface area (TPSA) is 29.5 Å². The molecule has 0 saturated heterocycles. The number of amides is 1. The van der Waals surface area contributed by atoms with Crippen LogP contribution in [0.5, 0.6) is 0 Å². The summed E-state index contributed by atoms with van der Waals surface area (Å²) in [6.07, 6.45) is 0.544. The summed E-state index contributed by atoms with van der Waals surface area (Å²) in [5.74, 6) is 0.